The van der Waals surface area contributed by atoms with Crippen molar-refractivity contribution in [3.63, 3.8) is 0 Å². The Balaban J connectivity index is 1.43. The molecule has 128 valence electrons. The van der Waals surface area contributed by atoms with Crippen LogP contribution in [0.15, 0.2) is 52.9 Å². The van der Waals surface area contributed by atoms with Crippen molar-refractivity contribution in [2.45, 2.75) is 10.1 Å². The van der Waals surface area contributed by atoms with E-state index in [-0.39, 0.29) is 0 Å². The van der Waals surface area contributed by atoms with Gasteiger partial charge in [0, 0.05) is 11.3 Å². The van der Waals surface area contributed by atoms with E-state index < -0.39 is 0 Å². The van der Waals surface area contributed by atoms with E-state index in [4.69, 9.17) is 5.73 Å². The second-order valence-corrected chi connectivity index (χ2v) is 8.75. The van der Waals surface area contributed by atoms with Crippen LogP contribution in [0, 0.1) is 0 Å². The summed E-state index contributed by atoms with van der Waals surface area (Å²) in [7, 11) is 0. The van der Waals surface area contributed by atoms with Crippen molar-refractivity contribution in [1.29, 1.82) is 0 Å². The Morgan fingerprint density at radius 1 is 1.00 bits per heavy atom. The van der Waals surface area contributed by atoms with E-state index in [2.05, 4.69) is 26.3 Å². The van der Waals surface area contributed by atoms with Crippen molar-refractivity contribution in [3.8, 4) is 10.6 Å². The molecule has 9 heteroatoms. The quantitative estimate of drug-likeness (QED) is 0.359. The van der Waals surface area contributed by atoms with E-state index >= 15 is 0 Å². The smallest absolute Gasteiger partial charge is 0.235 e. The van der Waals surface area contributed by atoms with Gasteiger partial charge in [-0.2, -0.15) is 9.61 Å². The van der Waals surface area contributed by atoms with E-state index in [1.807, 2.05) is 42.5 Å². The zero-order valence-electron chi connectivity index (χ0n) is 13.4. The van der Waals surface area contributed by atoms with Gasteiger partial charge in [0.2, 0.25) is 4.96 Å². The number of fused-ring (bicyclic) bond motifs is 2. The number of thiazole rings is 1. The Morgan fingerprint density at radius 3 is 2.73 bits per heavy atom. The minimum Gasteiger partial charge on any atom is -0.398 e. The first-order chi connectivity index (χ1) is 12.8. The summed E-state index contributed by atoms with van der Waals surface area (Å²) < 4.78 is 4.01. The molecule has 0 radical (unpaired) electrons. The molecule has 0 aliphatic carbocycles. The van der Waals surface area contributed by atoms with E-state index in [0.29, 0.717) is 11.4 Å². The van der Waals surface area contributed by atoms with Crippen LogP contribution in [0.4, 0.5) is 5.69 Å². The molecule has 0 aliphatic rings. The Kier molecular flexibility index (Phi) is 3.84. The third-order valence-corrected chi connectivity index (χ3v) is 6.95. The van der Waals surface area contributed by atoms with E-state index in [1.165, 1.54) is 16.0 Å². The van der Waals surface area contributed by atoms with E-state index in [1.54, 1.807) is 27.6 Å². The Hall–Kier alpha value is -2.49. The monoisotopic (exact) mass is 396 g/mol. The maximum absolute atomic E-state index is 6.06. The first kappa shape index (κ1) is 15.7. The number of thioether (sulfide) groups is 1. The molecule has 26 heavy (non-hydrogen) atoms. The summed E-state index contributed by atoms with van der Waals surface area (Å²) >= 11 is 4.83. The maximum atomic E-state index is 6.06. The largest absolute Gasteiger partial charge is 0.398 e. The third kappa shape index (κ3) is 2.74. The van der Waals surface area contributed by atoms with Gasteiger partial charge < -0.3 is 5.73 Å². The number of benzene rings is 2. The molecule has 2 aromatic carbocycles. The van der Waals surface area contributed by atoms with Crippen LogP contribution >= 0.6 is 34.4 Å². The van der Waals surface area contributed by atoms with Gasteiger partial charge >= 0.3 is 0 Å². The fraction of sp³-hybridized carbons (Fsp3) is 0.0588. The number of nitrogens with two attached hydrogens (primary N) is 1. The summed E-state index contributed by atoms with van der Waals surface area (Å²) in [6.45, 7) is 0. The molecular weight excluding hydrogens is 384 g/mol. The highest BCUT2D eigenvalue weighted by Gasteiger charge is 2.15. The molecule has 5 aromatic rings. The van der Waals surface area contributed by atoms with Gasteiger partial charge in [-0.15, -0.1) is 21.5 Å². The summed E-state index contributed by atoms with van der Waals surface area (Å²) in [5.41, 5.74) is 8.73. The average molecular weight is 397 g/mol. The van der Waals surface area contributed by atoms with Gasteiger partial charge in [0.15, 0.2) is 10.2 Å². The first-order valence-corrected chi connectivity index (χ1v) is 10.4. The van der Waals surface area contributed by atoms with E-state index in [0.717, 1.165) is 31.2 Å². The average Bonchev–Trinajstić information content (AvgIpc) is 3.34. The number of anilines is 1. The standard InChI is InChI=1S/C17H12N6S3/c18-11-6-2-1-5-10(11)15-22-23-14(20-21-16(23)26-15)9-24-17-19-12-7-3-4-8-13(12)25-17/h1-8H,9,18H2. The molecule has 3 heterocycles. The molecule has 3 aromatic heterocycles. The molecule has 0 spiro atoms. The minimum atomic E-state index is 0.661. The van der Waals surface area contributed by atoms with Gasteiger partial charge in [-0.25, -0.2) is 4.98 Å². The van der Waals surface area contributed by atoms with Gasteiger partial charge in [0.25, 0.3) is 0 Å². The number of rotatable bonds is 4. The number of hydrogen-bond acceptors (Lipinski definition) is 8. The van der Waals surface area contributed by atoms with Gasteiger partial charge in [0.05, 0.1) is 16.0 Å². The predicted octanol–water partition coefficient (Wildman–Crippen LogP) is 4.34. The van der Waals surface area contributed by atoms with Crippen LogP contribution in [0.2, 0.25) is 0 Å². The lowest BCUT2D eigenvalue weighted by molar-refractivity contribution is 0.887. The number of hydrogen-bond donors (Lipinski definition) is 1. The van der Waals surface area contributed by atoms with Crippen molar-refractivity contribution in [2.75, 3.05) is 5.73 Å². The van der Waals surface area contributed by atoms with Gasteiger partial charge in [-0.1, -0.05) is 47.4 Å². The van der Waals surface area contributed by atoms with E-state index in [9.17, 15) is 0 Å². The molecule has 2 N–H and O–H groups in total. The van der Waals surface area contributed by atoms with Crippen molar-refractivity contribution in [1.82, 2.24) is 24.8 Å². The molecule has 5 rings (SSSR count). The van der Waals surface area contributed by atoms with Gasteiger partial charge in [-0.05, 0) is 24.3 Å². The Morgan fingerprint density at radius 2 is 1.85 bits per heavy atom. The summed E-state index contributed by atoms with van der Waals surface area (Å²) in [6, 6.07) is 15.9. The summed E-state index contributed by atoms with van der Waals surface area (Å²) in [5.74, 6) is 1.47. The van der Waals surface area contributed by atoms with Crippen molar-refractivity contribution < 1.29 is 0 Å². The fourth-order valence-corrected chi connectivity index (χ4v) is 5.47. The molecule has 0 amide bonds. The lowest BCUT2D eigenvalue weighted by Gasteiger charge is -1.99. The molecular formula is C17H12N6S3. The third-order valence-electron chi connectivity index (χ3n) is 3.85. The Labute approximate surface area is 160 Å². The lowest BCUT2D eigenvalue weighted by Crippen LogP contribution is -1.95. The normalized spacial score (nSPS) is 11.5. The molecule has 0 fully saturated rings. The fourth-order valence-electron chi connectivity index (χ4n) is 2.59. The predicted molar refractivity (Wildman–Crippen MR) is 108 cm³/mol. The zero-order valence-corrected chi connectivity index (χ0v) is 15.8. The number of nitrogens with zero attached hydrogens (tertiary/aromatic N) is 5. The highest BCUT2D eigenvalue weighted by Crippen LogP contribution is 2.33. The molecule has 0 atom stereocenters. The Bertz CT molecular complexity index is 1190. The van der Waals surface area contributed by atoms with Crippen LogP contribution in [0.1, 0.15) is 5.82 Å². The van der Waals surface area contributed by atoms with Crippen LogP contribution in [0.25, 0.3) is 25.7 Å². The van der Waals surface area contributed by atoms with Crippen LogP contribution in [0.3, 0.4) is 0 Å². The SMILES string of the molecule is Nc1ccccc1-c1nn2c(CSc3nc4ccccc4s3)nnc2s1. The molecule has 0 saturated heterocycles. The van der Waals surface area contributed by atoms with Crippen LogP contribution in [0.5, 0.6) is 0 Å². The highest BCUT2D eigenvalue weighted by molar-refractivity contribution is 8.00. The number of para-hydroxylation sites is 2. The van der Waals surface area contributed by atoms with Gasteiger partial charge in [0.1, 0.15) is 5.01 Å². The lowest BCUT2D eigenvalue weighted by atomic mass is 10.2. The summed E-state index contributed by atoms with van der Waals surface area (Å²) in [5, 5.41) is 14.0. The van der Waals surface area contributed by atoms with Crippen molar-refractivity contribution in [3.05, 3.63) is 54.4 Å². The zero-order chi connectivity index (χ0) is 17.5. The van der Waals surface area contributed by atoms with Crippen LogP contribution in [-0.2, 0) is 5.75 Å². The van der Waals surface area contributed by atoms with Crippen molar-refractivity contribution in [2.24, 2.45) is 0 Å². The maximum Gasteiger partial charge on any atom is 0.235 e. The molecule has 0 unspecified atom stereocenters. The highest BCUT2D eigenvalue weighted by atomic mass is 32.2. The minimum absolute atomic E-state index is 0.661. The first-order valence-electron chi connectivity index (χ1n) is 7.82. The van der Waals surface area contributed by atoms with Crippen molar-refractivity contribution >= 4 is 55.3 Å². The number of aromatic nitrogens is 5. The molecule has 0 aliphatic heterocycles. The summed E-state index contributed by atoms with van der Waals surface area (Å²) in [4.78, 5) is 5.41. The number of nitrogen functional groups attached to an aromatic ring is 1. The molecule has 0 bridgehead atoms. The summed E-state index contributed by atoms with van der Waals surface area (Å²) in [6.07, 6.45) is 0. The van der Waals surface area contributed by atoms with Gasteiger partial charge in [-0.3, -0.25) is 0 Å². The second kappa shape index (κ2) is 6.35. The second-order valence-electron chi connectivity index (χ2n) is 5.54. The van der Waals surface area contributed by atoms with Crippen LogP contribution < -0.4 is 5.73 Å². The molecule has 6 nitrogen and oxygen atoms in total. The topological polar surface area (TPSA) is 82.0 Å². The van der Waals surface area contributed by atoms with Crippen LogP contribution in [-0.4, -0.2) is 24.8 Å². The molecule has 0 saturated carbocycles.